The molecule has 0 aromatic heterocycles. The number of amides is 2. The number of hydrogen-bond donors (Lipinski definition) is 0. The Labute approximate surface area is 197 Å². The van der Waals surface area contributed by atoms with Gasteiger partial charge < -0.3 is 24.0 Å². The maximum absolute atomic E-state index is 12.3. The van der Waals surface area contributed by atoms with Crippen LogP contribution in [0.3, 0.4) is 0 Å². The van der Waals surface area contributed by atoms with Gasteiger partial charge in [-0.2, -0.15) is 0 Å². The minimum atomic E-state index is -0.449. The van der Waals surface area contributed by atoms with Crippen LogP contribution in [-0.4, -0.2) is 66.0 Å². The molecule has 0 atom stereocenters. The lowest BCUT2D eigenvalue weighted by molar-refractivity contribution is -0.139. The molecule has 1 aromatic carbocycles. The van der Waals surface area contributed by atoms with Gasteiger partial charge in [0, 0.05) is 26.2 Å². The predicted octanol–water partition coefficient (Wildman–Crippen LogP) is 4.98. The zero-order valence-electron chi connectivity index (χ0n) is 20.3. The summed E-state index contributed by atoms with van der Waals surface area (Å²) >= 11 is 0. The summed E-state index contributed by atoms with van der Waals surface area (Å²) in [6.07, 6.45) is 6.01. The number of ether oxygens (including phenoxy) is 3. The normalized spacial score (nSPS) is 21.5. The van der Waals surface area contributed by atoms with E-state index >= 15 is 0 Å². The van der Waals surface area contributed by atoms with Crippen molar-refractivity contribution >= 4 is 12.2 Å². The van der Waals surface area contributed by atoms with Crippen LogP contribution in [0.5, 0.6) is 0 Å². The highest BCUT2D eigenvalue weighted by molar-refractivity contribution is 5.68. The summed E-state index contributed by atoms with van der Waals surface area (Å²) in [5, 5.41) is 0. The summed E-state index contributed by atoms with van der Waals surface area (Å²) in [5.74, 6) is 0. The summed E-state index contributed by atoms with van der Waals surface area (Å²) in [6, 6.07) is 9.76. The van der Waals surface area contributed by atoms with E-state index in [1.165, 1.54) is 0 Å². The van der Waals surface area contributed by atoms with E-state index in [1.54, 1.807) is 4.90 Å². The van der Waals surface area contributed by atoms with Gasteiger partial charge in [0.05, 0.1) is 12.2 Å². The van der Waals surface area contributed by atoms with E-state index in [-0.39, 0.29) is 18.3 Å². The average molecular weight is 459 g/mol. The molecule has 1 spiro atoms. The quantitative estimate of drug-likeness (QED) is 0.636. The Kier molecular flexibility index (Phi) is 7.17. The highest BCUT2D eigenvalue weighted by atomic mass is 16.6. The van der Waals surface area contributed by atoms with E-state index in [9.17, 15) is 9.59 Å². The van der Waals surface area contributed by atoms with Crippen LogP contribution in [0.2, 0.25) is 0 Å². The number of carbonyl (C=O) groups is 2. The number of hydrogen-bond acceptors (Lipinski definition) is 5. The third-order valence-electron chi connectivity index (χ3n) is 7.09. The van der Waals surface area contributed by atoms with Crippen molar-refractivity contribution in [1.29, 1.82) is 0 Å². The number of likely N-dealkylation sites (tertiary alicyclic amines) is 2. The Morgan fingerprint density at radius 1 is 0.909 bits per heavy atom. The third kappa shape index (κ3) is 6.40. The van der Waals surface area contributed by atoms with Crippen molar-refractivity contribution in [2.24, 2.45) is 5.41 Å². The molecule has 0 bridgehead atoms. The van der Waals surface area contributed by atoms with Crippen molar-refractivity contribution in [3.8, 4) is 0 Å². The van der Waals surface area contributed by atoms with Crippen molar-refractivity contribution in [3.05, 3.63) is 35.9 Å². The predicted molar refractivity (Wildman–Crippen MR) is 125 cm³/mol. The van der Waals surface area contributed by atoms with Gasteiger partial charge in [-0.25, -0.2) is 9.59 Å². The molecule has 0 N–H and O–H groups in total. The molecule has 0 radical (unpaired) electrons. The summed E-state index contributed by atoms with van der Waals surface area (Å²) < 4.78 is 17.3. The molecule has 1 aliphatic carbocycles. The number of rotatable bonds is 4. The molecule has 0 unspecified atom stereocenters. The van der Waals surface area contributed by atoms with Crippen LogP contribution in [-0.2, 0) is 20.8 Å². The van der Waals surface area contributed by atoms with Crippen LogP contribution >= 0.6 is 0 Å². The molecular formula is C26H38N2O5. The van der Waals surface area contributed by atoms with Gasteiger partial charge in [0.1, 0.15) is 12.2 Å². The Bertz CT molecular complexity index is 798. The van der Waals surface area contributed by atoms with Gasteiger partial charge >= 0.3 is 12.2 Å². The fourth-order valence-electron chi connectivity index (χ4n) is 5.16. The van der Waals surface area contributed by atoms with Gasteiger partial charge in [0.15, 0.2) is 0 Å². The summed E-state index contributed by atoms with van der Waals surface area (Å²) in [7, 11) is 0. The third-order valence-corrected chi connectivity index (χ3v) is 7.09. The monoisotopic (exact) mass is 458 g/mol. The maximum atomic E-state index is 12.3. The van der Waals surface area contributed by atoms with Gasteiger partial charge in [-0.1, -0.05) is 30.3 Å². The molecule has 7 heteroatoms. The second kappa shape index (κ2) is 9.92. The second-order valence-electron chi connectivity index (χ2n) is 10.9. The second-order valence-corrected chi connectivity index (χ2v) is 10.9. The van der Waals surface area contributed by atoms with E-state index in [1.807, 2.05) is 56.0 Å². The smallest absolute Gasteiger partial charge is 0.410 e. The van der Waals surface area contributed by atoms with E-state index in [4.69, 9.17) is 14.2 Å². The fraction of sp³-hybridized carbons (Fsp3) is 0.692. The van der Waals surface area contributed by atoms with Gasteiger partial charge in [-0.05, 0) is 70.3 Å². The molecule has 1 saturated carbocycles. The SMILES string of the molecule is CC(C)(C)OC(=O)N1CCC2(CC1)CC(OC1CCN(C(=O)OCc3ccccc3)CC1)C2. The molecule has 2 aliphatic heterocycles. The lowest BCUT2D eigenvalue weighted by Crippen LogP contribution is -2.53. The standard InChI is InChI=1S/C26H38N2O5/c1-25(2,3)33-24(30)28-15-11-26(12-16-28)17-22(18-26)32-21-9-13-27(14-10-21)23(29)31-19-20-7-5-4-6-8-20/h4-8,21-22H,9-19H2,1-3H3. The zero-order valence-corrected chi connectivity index (χ0v) is 20.3. The average Bonchev–Trinajstić information content (AvgIpc) is 2.77. The first-order chi connectivity index (χ1) is 15.7. The first-order valence-electron chi connectivity index (χ1n) is 12.3. The lowest BCUT2D eigenvalue weighted by Gasteiger charge is -2.52. The van der Waals surface area contributed by atoms with E-state index < -0.39 is 5.60 Å². The molecule has 1 aromatic rings. The minimum Gasteiger partial charge on any atom is -0.445 e. The Morgan fingerprint density at radius 3 is 2.12 bits per heavy atom. The van der Waals surface area contributed by atoms with Gasteiger partial charge in [-0.3, -0.25) is 0 Å². The zero-order chi connectivity index (χ0) is 23.5. The molecule has 33 heavy (non-hydrogen) atoms. The Morgan fingerprint density at radius 2 is 1.52 bits per heavy atom. The number of piperidine rings is 2. The lowest BCUT2D eigenvalue weighted by atomic mass is 9.61. The summed E-state index contributed by atoms with van der Waals surface area (Å²) in [4.78, 5) is 28.3. The van der Waals surface area contributed by atoms with E-state index in [0.29, 0.717) is 31.2 Å². The molecule has 2 amide bonds. The Balaban J connectivity index is 1.12. The first-order valence-corrected chi connectivity index (χ1v) is 12.3. The molecule has 182 valence electrons. The number of carbonyl (C=O) groups excluding carboxylic acids is 2. The number of benzene rings is 1. The van der Waals surface area contributed by atoms with Crippen LogP contribution in [0.4, 0.5) is 9.59 Å². The van der Waals surface area contributed by atoms with Gasteiger partial charge in [-0.15, -0.1) is 0 Å². The number of nitrogens with zero attached hydrogens (tertiary/aromatic N) is 2. The Hall–Kier alpha value is -2.28. The van der Waals surface area contributed by atoms with Gasteiger partial charge in [0.2, 0.25) is 0 Å². The van der Waals surface area contributed by atoms with Crippen LogP contribution < -0.4 is 0 Å². The van der Waals surface area contributed by atoms with Crippen LogP contribution in [0, 0.1) is 5.41 Å². The molecule has 2 saturated heterocycles. The van der Waals surface area contributed by atoms with Crippen LogP contribution in [0.25, 0.3) is 0 Å². The minimum absolute atomic E-state index is 0.196. The molecule has 7 nitrogen and oxygen atoms in total. The van der Waals surface area contributed by atoms with E-state index in [2.05, 4.69) is 0 Å². The summed E-state index contributed by atoms with van der Waals surface area (Å²) in [6.45, 7) is 8.93. The van der Waals surface area contributed by atoms with Crippen molar-refractivity contribution in [2.75, 3.05) is 26.2 Å². The molecule has 2 heterocycles. The van der Waals surface area contributed by atoms with Crippen molar-refractivity contribution in [2.45, 2.75) is 83.7 Å². The summed E-state index contributed by atoms with van der Waals surface area (Å²) in [5.41, 5.74) is 0.876. The first kappa shape index (κ1) is 23.9. The van der Waals surface area contributed by atoms with E-state index in [0.717, 1.165) is 57.2 Å². The van der Waals surface area contributed by atoms with Crippen molar-refractivity contribution in [3.63, 3.8) is 0 Å². The molecular weight excluding hydrogens is 420 g/mol. The van der Waals surface area contributed by atoms with Crippen LogP contribution in [0.15, 0.2) is 30.3 Å². The molecule has 3 fully saturated rings. The molecule has 4 rings (SSSR count). The topological polar surface area (TPSA) is 68.3 Å². The highest BCUT2D eigenvalue weighted by Crippen LogP contribution is 2.51. The molecule has 3 aliphatic rings. The fourth-order valence-corrected chi connectivity index (χ4v) is 5.16. The van der Waals surface area contributed by atoms with Crippen molar-refractivity contribution in [1.82, 2.24) is 9.80 Å². The van der Waals surface area contributed by atoms with Gasteiger partial charge in [0.25, 0.3) is 0 Å². The largest absolute Gasteiger partial charge is 0.445 e. The maximum Gasteiger partial charge on any atom is 0.410 e. The highest BCUT2D eigenvalue weighted by Gasteiger charge is 2.48. The van der Waals surface area contributed by atoms with Crippen LogP contribution in [0.1, 0.15) is 64.9 Å². The van der Waals surface area contributed by atoms with Crippen molar-refractivity contribution < 1.29 is 23.8 Å².